The average Bonchev–Trinajstić information content (AvgIpc) is 3.18. The molecule has 1 aliphatic rings. The Hall–Kier alpha value is -3.23. The molecule has 0 aliphatic carbocycles. The number of H-pyrrole nitrogens is 1. The van der Waals surface area contributed by atoms with Crippen LogP contribution < -0.4 is 10.5 Å². The van der Waals surface area contributed by atoms with Gasteiger partial charge in [-0.3, -0.25) is 19.3 Å². The molecule has 0 saturated carbocycles. The number of Topliss-reactive ketones (excluding diaryl/α,β-unsaturated/α-hetero) is 2. The standard InChI is InChI=1S/C25H28ClN5O3/c1-4-19-22(17(3)32)16(2)28-24(19)21(33)15-29-10-12-30(13-11-29)20-14-27-31(25(34)23(20)26)18-8-6-5-7-9-18/h5-9,14,28H,4,10-13,15H2,1-3H3. The molecule has 178 valence electrons. The Labute approximate surface area is 203 Å². The molecule has 4 rings (SSSR count). The molecule has 3 heterocycles. The number of nitrogens with zero attached hydrogens (tertiary/aromatic N) is 4. The van der Waals surface area contributed by atoms with Crippen LogP contribution in [0.4, 0.5) is 5.69 Å². The Morgan fingerprint density at radius 2 is 1.79 bits per heavy atom. The minimum atomic E-state index is -0.363. The van der Waals surface area contributed by atoms with Crippen LogP contribution in [0.15, 0.2) is 41.3 Å². The zero-order valence-corrected chi connectivity index (χ0v) is 20.4. The number of halogens is 1. The summed E-state index contributed by atoms with van der Waals surface area (Å²) in [7, 11) is 0. The van der Waals surface area contributed by atoms with Crippen molar-refractivity contribution in [3.63, 3.8) is 0 Å². The number of ketones is 2. The molecule has 0 atom stereocenters. The van der Waals surface area contributed by atoms with Gasteiger partial charge < -0.3 is 9.88 Å². The highest BCUT2D eigenvalue weighted by Crippen LogP contribution is 2.24. The monoisotopic (exact) mass is 481 g/mol. The number of aromatic nitrogens is 3. The van der Waals surface area contributed by atoms with E-state index < -0.39 is 0 Å². The maximum Gasteiger partial charge on any atom is 0.292 e. The van der Waals surface area contributed by atoms with E-state index in [1.54, 1.807) is 18.3 Å². The van der Waals surface area contributed by atoms with E-state index >= 15 is 0 Å². The van der Waals surface area contributed by atoms with Gasteiger partial charge in [0.1, 0.15) is 5.02 Å². The first kappa shape index (κ1) is 23.9. The molecule has 3 aromatic rings. The highest BCUT2D eigenvalue weighted by atomic mass is 35.5. The van der Waals surface area contributed by atoms with Crippen LogP contribution >= 0.6 is 11.6 Å². The Kier molecular flexibility index (Phi) is 7.00. The zero-order valence-electron chi connectivity index (χ0n) is 19.6. The van der Waals surface area contributed by atoms with Crippen molar-refractivity contribution in [2.75, 3.05) is 37.6 Å². The number of aryl methyl sites for hydroxylation is 1. The van der Waals surface area contributed by atoms with Gasteiger partial charge in [-0.25, -0.2) is 0 Å². The minimum absolute atomic E-state index is 0.0222. The first-order valence-electron chi connectivity index (χ1n) is 11.4. The highest BCUT2D eigenvalue weighted by molar-refractivity contribution is 6.33. The summed E-state index contributed by atoms with van der Waals surface area (Å²) >= 11 is 6.44. The molecule has 1 N–H and O–H groups in total. The molecule has 8 nitrogen and oxygen atoms in total. The Bertz CT molecular complexity index is 1270. The van der Waals surface area contributed by atoms with E-state index in [1.807, 2.05) is 36.9 Å². The number of carbonyl (C=O) groups is 2. The van der Waals surface area contributed by atoms with Gasteiger partial charge in [0.2, 0.25) is 0 Å². The number of nitrogens with one attached hydrogen (secondary N) is 1. The molecule has 34 heavy (non-hydrogen) atoms. The molecule has 2 aromatic heterocycles. The van der Waals surface area contributed by atoms with Crippen LogP contribution in [0.25, 0.3) is 5.69 Å². The number of rotatable bonds is 7. The van der Waals surface area contributed by atoms with Gasteiger partial charge in [0.05, 0.1) is 29.8 Å². The SMILES string of the molecule is CCc1c(C(=O)CN2CCN(c3cnn(-c4ccccc4)c(=O)c3Cl)CC2)[nH]c(C)c1C(C)=O. The summed E-state index contributed by atoms with van der Waals surface area (Å²) in [4.78, 5) is 45.1. The van der Waals surface area contributed by atoms with Crippen molar-refractivity contribution in [2.45, 2.75) is 27.2 Å². The average molecular weight is 482 g/mol. The van der Waals surface area contributed by atoms with Crippen LogP contribution in [0.1, 0.15) is 46.0 Å². The smallest absolute Gasteiger partial charge is 0.292 e. The summed E-state index contributed by atoms with van der Waals surface area (Å²) in [5, 5.41) is 4.45. The molecular weight excluding hydrogens is 454 g/mol. The first-order valence-corrected chi connectivity index (χ1v) is 11.8. The summed E-state index contributed by atoms with van der Waals surface area (Å²) in [6, 6.07) is 9.15. The Morgan fingerprint density at radius 3 is 2.41 bits per heavy atom. The molecule has 0 radical (unpaired) electrons. The van der Waals surface area contributed by atoms with Gasteiger partial charge in [0, 0.05) is 37.4 Å². The van der Waals surface area contributed by atoms with Gasteiger partial charge in [-0.05, 0) is 38.0 Å². The summed E-state index contributed by atoms with van der Waals surface area (Å²) < 4.78 is 1.29. The van der Waals surface area contributed by atoms with Crippen LogP contribution in [0.2, 0.25) is 5.02 Å². The van der Waals surface area contributed by atoms with Crippen molar-refractivity contribution in [3.05, 3.63) is 74.4 Å². The normalized spacial score (nSPS) is 14.4. The fourth-order valence-corrected chi connectivity index (χ4v) is 4.82. The number of benzene rings is 1. The number of para-hydroxylation sites is 1. The number of hydrogen-bond donors (Lipinski definition) is 1. The number of anilines is 1. The van der Waals surface area contributed by atoms with Crippen LogP contribution in [-0.4, -0.2) is 64.0 Å². The molecule has 0 amide bonds. The number of aromatic amines is 1. The van der Waals surface area contributed by atoms with Gasteiger partial charge in [0.15, 0.2) is 11.6 Å². The third kappa shape index (κ3) is 4.56. The Balaban J connectivity index is 1.44. The van der Waals surface area contributed by atoms with Crippen molar-refractivity contribution < 1.29 is 9.59 Å². The topological polar surface area (TPSA) is 91.3 Å². The van der Waals surface area contributed by atoms with E-state index in [0.29, 0.717) is 55.2 Å². The van der Waals surface area contributed by atoms with Crippen molar-refractivity contribution in [3.8, 4) is 5.69 Å². The third-order valence-corrected chi connectivity index (χ3v) is 6.61. The number of piperazine rings is 1. The third-order valence-electron chi connectivity index (χ3n) is 6.26. The van der Waals surface area contributed by atoms with Gasteiger partial charge in [0.25, 0.3) is 5.56 Å². The molecular formula is C25H28ClN5O3. The van der Waals surface area contributed by atoms with Gasteiger partial charge >= 0.3 is 0 Å². The zero-order chi connectivity index (χ0) is 24.4. The lowest BCUT2D eigenvalue weighted by Gasteiger charge is -2.35. The van der Waals surface area contributed by atoms with Crippen LogP contribution in [0, 0.1) is 6.92 Å². The van der Waals surface area contributed by atoms with Crippen LogP contribution in [-0.2, 0) is 6.42 Å². The van der Waals surface area contributed by atoms with Crippen molar-refractivity contribution in [2.24, 2.45) is 0 Å². The summed E-state index contributed by atoms with van der Waals surface area (Å²) in [5.41, 5.74) is 3.59. The molecule has 9 heteroatoms. The van der Waals surface area contributed by atoms with Crippen molar-refractivity contribution >= 4 is 28.9 Å². The molecule has 1 aromatic carbocycles. The van der Waals surface area contributed by atoms with Gasteiger partial charge in [-0.1, -0.05) is 36.7 Å². The highest BCUT2D eigenvalue weighted by Gasteiger charge is 2.26. The van der Waals surface area contributed by atoms with Gasteiger partial charge in [-0.15, -0.1) is 0 Å². The summed E-state index contributed by atoms with van der Waals surface area (Å²) in [5.74, 6) is -0.0519. The second-order valence-corrected chi connectivity index (χ2v) is 8.85. The second-order valence-electron chi connectivity index (χ2n) is 8.47. The van der Waals surface area contributed by atoms with E-state index in [0.717, 1.165) is 11.3 Å². The number of carbonyl (C=O) groups excluding carboxylic acids is 2. The van der Waals surface area contributed by atoms with E-state index in [9.17, 15) is 14.4 Å². The minimum Gasteiger partial charge on any atom is -0.366 e. The van der Waals surface area contributed by atoms with E-state index in [2.05, 4.69) is 15.0 Å². The van der Waals surface area contributed by atoms with Gasteiger partial charge in [-0.2, -0.15) is 9.78 Å². The molecule has 0 unspecified atom stereocenters. The quantitative estimate of drug-likeness (QED) is 0.521. The molecule has 1 saturated heterocycles. The van der Waals surface area contributed by atoms with Crippen LogP contribution in [0.5, 0.6) is 0 Å². The van der Waals surface area contributed by atoms with E-state index in [4.69, 9.17) is 11.6 Å². The number of hydrogen-bond acceptors (Lipinski definition) is 6. The summed E-state index contributed by atoms with van der Waals surface area (Å²) in [6.45, 7) is 8.10. The first-order chi connectivity index (χ1) is 16.3. The lowest BCUT2D eigenvalue weighted by atomic mass is 10.0. The maximum absolute atomic E-state index is 13.0. The summed E-state index contributed by atoms with van der Waals surface area (Å²) in [6.07, 6.45) is 2.24. The maximum atomic E-state index is 13.0. The molecule has 0 bridgehead atoms. The largest absolute Gasteiger partial charge is 0.366 e. The predicted octanol–water partition coefficient (Wildman–Crippen LogP) is 3.29. The van der Waals surface area contributed by atoms with Crippen molar-refractivity contribution in [1.82, 2.24) is 19.7 Å². The van der Waals surface area contributed by atoms with E-state index in [-0.39, 0.29) is 28.7 Å². The fraction of sp³-hybridized carbons (Fsp3) is 0.360. The fourth-order valence-electron chi connectivity index (χ4n) is 4.57. The lowest BCUT2D eigenvalue weighted by molar-refractivity contribution is 0.0921. The second kappa shape index (κ2) is 9.95. The molecule has 0 spiro atoms. The van der Waals surface area contributed by atoms with Crippen molar-refractivity contribution in [1.29, 1.82) is 0 Å². The Morgan fingerprint density at radius 1 is 1.12 bits per heavy atom. The predicted molar refractivity (Wildman–Crippen MR) is 133 cm³/mol. The van der Waals surface area contributed by atoms with E-state index in [1.165, 1.54) is 11.6 Å². The van der Waals surface area contributed by atoms with Crippen LogP contribution in [0.3, 0.4) is 0 Å². The lowest BCUT2D eigenvalue weighted by Crippen LogP contribution is -2.48. The molecule has 1 aliphatic heterocycles. The molecule has 1 fully saturated rings.